The normalized spacial score (nSPS) is 14.9. The standard InChI is InChI=1S/C17H17ClN2O.C16H19ClN2O3.C14H18N2O5.C14H20N2O3.C10H10FNO4.C7H5BrFNO2.C7H6BrF.C5H11ClO3.C4H9NO.CO.ClH/c18-15-6-4-13(5-7-15)12-21-17-3-1-2-16(20-17)14-8-10-19-11-9-14;1-3-21-16(20)12-4-5-13-15(10(12)2)19(14(8-17)18-13)9-11-6-7-22-11;1-3-20-14(17)11-4-5-12(16(18)19)13(9(11)2)15-8-10-6-7-21-10;1-3-18-14(17)11-4-5-12(15)13(9(11)2)16-8-10-6-7-19-10;1-3-16-10(13)7-4-5-8(12(14)15)9(11)6(7)2;1-4-5(8)2-3-6(7(4)9)10(11)12;1-5-6(8)3-2-4-7(5)9;1-7-5(4-6,8-2)9-3;5-3-4-1-2-6-4;1-2;/h1-8,19H,9-12H2;4-5,11H,3,6-9H2,1-2H3;4-5,10,15H,3,6-8H2,1-2H3;4-5,10,16H,3,6-8,15H2,1-2H3;4-5H,3H2,1-2H3;2-3H,1H3;2-4H,1H3;4H2,1-3H3;4H,1-3,5H2;;1H/t;11-;2*10-;;;;;4-;;/m.000....0../s1. The number of methoxy groups -OCH3 is 3. The first-order valence-electron chi connectivity index (χ1n) is 43.2. The molecule has 0 saturated carbocycles. The third kappa shape index (κ3) is 36.3. The quantitative estimate of drug-likeness (QED) is 0.00334. The number of nitro benzene ring substituents is 3. The first-order chi connectivity index (χ1) is 65.5. The number of benzene rings is 7. The van der Waals surface area contributed by atoms with E-state index in [4.69, 9.17) is 103 Å². The minimum atomic E-state index is -1.07. The van der Waals surface area contributed by atoms with E-state index < -0.39 is 55.7 Å². The van der Waals surface area contributed by atoms with Gasteiger partial charge >= 0.3 is 46.6 Å². The zero-order valence-corrected chi connectivity index (χ0v) is 84.9. The van der Waals surface area contributed by atoms with Crippen LogP contribution in [0.3, 0.4) is 0 Å². The van der Waals surface area contributed by atoms with Crippen molar-refractivity contribution in [1.29, 1.82) is 0 Å². The molecule has 4 atom stereocenters. The van der Waals surface area contributed by atoms with E-state index in [1.54, 1.807) is 65.8 Å². The van der Waals surface area contributed by atoms with Gasteiger partial charge < -0.3 is 88.8 Å². The maximum atomic E-state index is 13.5. The molecule has 0 aliphatic carbocycles. The molecule has 0 amide bonds. The van der Waals surface area contributed by atoms with Crippen LogP contribution in [0.15, 0.2) is 136 Å². The number of hydrogen-bond acceptors (Lipinski definition) is 29. The van der Waals surface area contributed by atoms with E-state index >= 15 is 0 Å². The van der Waals surface area contributed by atoms with Crippen molar-refractivity contribution in [2.45, 2.75) is 151 Å². The number of alkyl halides is 2. The number of pyridine rings is 1. The van der Waals surface area contributed by atoms with Gasteiger partial charge in [-0.3, -0.25) is 30.3 Å². The summed E-state index contributed by atoms with van der Waals surface area (Å²) in [4.78, 5) is 86.0. The first kappa shape index (κ1) is 120. The molecule has 0 unspecified atom stereocenters. The molecule has 7 N–H and O–H groups in total. The van der Waals surface area contributed by atoms with Gasteiger partial charge in [0.25, 0.3) is 11.7 Å². The Bertz CT molecular complexity index is 5480. The first-order valence-corrected chi connectivity index (χ1v) is 46.2. The number of halogens is 9. The SMILES string of the molecule is CCOC(=O)c1ccc(N)c(NC[C@@H]2CCO2)c1C.CCOC(=O)c1ccc([N+](=O)[O-])c(F)c1C.CCOC(=O)c1ccc([N+](=O)[O-])c(NC[C@@H]2CCO2)c1C.CCOC(=O)c1ccc2nc(CCl)n(C[C@@H]3CCO3)c2c1C.COC(CCl)(OC)OC.Cc1c(Br)ccc([N+](=O)[O-])c1F.Cc1c(F)cccc1Br.Cl.Clc1ccc(COc2cccc(C3=CCNCC3)n2)cc1.NC[C@@H]1CCO1.[C-]#[O+]. The van der Waals surface area contributed by atoms with Crippen LogP contribution < -0.4 is 32.2 Å². The van der Waals surface area contributed by atoms with Crippen molar-refractivity contribution >= 4 is 154 Å². The topological polar surface area (TPSA) is 447 Å². The molecule has 0 radical (unpaired) electrons. The second-order valence-corrected chi connectivity index (χ2v) is 32.5. The average Bonchev–Trinajstić information content (AvgIpc) is 1.61. The van der Waals surface area contributed by atoms with Crippen LogP contribution in [0.1, 0.15) is 152 Å². The van der Waals surface area contributed by atoms with Crippen LogP contribution in [-0.2, 0) is 75.8 Å². The number of nitrogen functional groups attached to an aromatic ring is 1. The van der Waals surface area contributed by atoms with E-state index in [0.29, 0.717) is 108 Å². The molecular weight excluding hydrogens is 2020 g/mol. The maximum absolute atomic E-state index is 13.5. The molecule has 0 spiro atoms. The number of imidazole rings is 1. The van der Waals surface area contributed by atoms with E-state index in [-0.39, 0.29) is 89.9 Å². The number of nitro groups is 3. The van der Waals surface area contributed by atoms with Crippen LogP contribution in [0, 0.1) is 96.0 Å². The molecule has 138 heavy (non-hydrogen) atoms. The Balaban J connectivity index is 0.000000330. The molecule has 43 heteroatoms. The Kier molecular flexibility index (Phi) is 54.3. The molecular formula is C95H116Br2Cl4F3N11O23. The van der Waals surface area contributed by atoms with Crippen LogP contribution in [0.5, 0.6) is 5.88 Å². The number of fused-ring (bicyclic) bond motifs is 1. The van der Waals surface area contributed by atoms with Gasteiger partial charge in [-0.25, -0.2) is 33.5 Å². The van der Waals surface area contributed by atoms with Crippen LogP contribution in [-0.4, -0.2) is 196 Å². The summed E-state index contributed by atoms with van der Waals surface area (Å²) in [6.07, 6.45) is 8.29. The van der Waals surface area contributed by atoms with Gasteiger partial charge in [0.2, 0.25) is 17.5 Å². The molecule has 7 aromatic carbocycles. The van der Waals surface area contributed by atoms with Gasteiger partial charge in [0, 0.05) is 123 Å². The van der Waals surface area contributed by atoms with Crippen LogP contribution >= 0.6 is 79.1 Å². The molecule has 34 nitrogen and oxygen atoms in total. The number of carbonyl (C=O) groups is 4. The summed E-state index contributed by atoms with van der Waals surface area (Å²) >= 11 is 23.6. The molecule has 2 aromatic heterocycles. The van der Waals surface area contributed by atoms with Crippen molar-refractivity contribution in [3.05, 3.63) is 269 Å². The monoisotopic (exact) mass is 2130 g/mol. The summed E-state index contributed by atoms with van der Waals surface area (Å²) in [5.41, 5.74) is 21.4. The second-order valence-electron chi connectivity index (χ2n) is 29.8. The van der Waals surface area contributed by atoms with E-state index in [1.807, 2.05) is 68.4 Å². The molecule has 5 aliphatic heterocycles. The number of hydrogen-bond donors (Lipinski definition) is 5. The number of aryl methyl sites for hydroxylation is 1. The molecule has 0 bridgehead atoms. The molecule has 14 rings (SSSR count). The summed E-state index contributed by atoms with van der Waals surface area (Å²) in [6.45, 7) is 30.8. The molecule has 4 fully saturated rings. The number of carbonyl (C=O) groups excluding carboxylic acids is 4. The predicted octanol–water partition coefficient (Wildman–Crippen LogP) is 19.8. The Hall–Kier alpha value is -10.5. The molecule has 752 valence electrons. The van der Waals surface area contributed by atoms with Crippen molar-refractivity contribution in [1.82, 2.24) is 19.9 Å². The van der Waals surface area contributed by atoms with Gasteiger partial charge in [0.15, 0.2) is 0 Å². The predicted molar refractivity (Wildman–Crippen MR) is 528 cm³/mol. The summed E-state index contributed by atoms with van der Waals surface area (Å²) in [5.74, 6) is -2.87. The van der Waals surface area contributed by atoms with Crippen molar-refractivity contribution in [3.8, 4) is 5.88 Å². The summed E-state index contributed by atoms with van der Waals surface area (Å²) in [6, 6.07) is 33.0. The minimum absolute atomic E-state index is 0. The number of aromatic nitrogens is 3. The van der Waals surface area contributed by atoms with Gasteiger partial charge in [-0.05, 0) is 214 Å². The third-order valence-electron chi connectivity index (χ3n) is 21.1. The third-order valence-corrected chi connectivity index (χ3v) is 23.6. The number of esters is 4. The van der Waals surface area contributed by atoms with E-state index in [2.05, 4.69) is 79.8 Å². The van der Waals surface area contributed by atoms with E-state index in [1.165, 1.54) is 71.1 Å². The molecule has 9 aromatic rings. The number of nitrogens with one attached hydrogen (secondary N) is 3. The van der Waals surface area contributed by atoms with Gasteiger partial charge in [-0.15, -0.1) is 35.6 Å². The van der Waals surface area contributed by atoms with Gasteiger partial charge in [0.05, 0.1) is 128 Å². The van der Waals surface area contributed by atoms with E-state index in [9.17, 15) is 62.7 Å². The summed E-state index contributed by atoms with van der Waals surface area (Å²) < 4.78 is 111. The zero-order valence-electron chi connectivity index (χ0n) is 78.6. The Morgan fingerprint density at radius 3 is 1.44 bits per heavy atom. The van der Waals surface area contributed by atoms with Gasteiger partial charge in [-0.1, -0.05) is 73.8 Å². The Labute approximate surface area is 836 Å². The van der Waals surface area contributed by atoms with E-state index in [0.717, 1.165) is 138 Å². The second kappa shape index (κ2) is 62.5. The molecule has 7 heterocycles. The number of anilines is 3. The van der Waals surface area contributed by atoms with Crippen molar-refractivity contribution in [3.63, 3.8) is 0 Å². The number of rotatable bonds is 29. The number of ether oxygens (including phenoxy) is 12. The Morgan fingerprint density at radius 2 is 1.02 bits per heavy atom. The van der Waals surface area contributed by atoms with Gasteiger partial charge in [0.1, 0.15) is 29.8 Å². The fourth-order valence-corrected chi connectivity index (χ4v) is 14.1. The summed E-state index contributed by atoms with van der Waals surface area (Å²) in [5, 5.41) is 42.1. The van der Waals surface area contributed by atoms with Crippen LogP contribution in [0.2, 0.25) is 5.02 Å². The zero-order chi connectivity index (χ0) is 102. The molecule has 4 saturated heterocycles. The van der Waals surface area contributed by atoms with Crippen molar-refractivity contribution in [2.24, 2.45) is 5.73 Å². The van der Waals surface area contributed by atoms with Gasteiger partial charge in [-0.2, -0.15) is 8.78 Å². The fraction of sp³-hybridized carbons (Fsp3) is 0.421. The van der Waals surface area contributed by atoms with Crippen LogP contribution in [0.25, 0.3) is 16.6 Å². The summed E-state index contributed by atoms with van der Waals surface area (Å²) in [7, 11) is 4.40. The fourth-order valence-electron chi connectivity index (χ4n) is 12.8. The van der Waals surface area contributed by atoms with Crippen molar-refractivity contribution in [2.75, 3.05) is 129 Å². The number of nitrogens with zero attached hydrogens (tertiary/aromatic N) is 6. The number of nitrogens with two attached hydrogens (primary N) is 2. The average molecular weight is 2140 g/mol. The van der Waals surface area contributed by atoms with Crippen molar-refractivity contribution < 1.29 is 109 Å². The Morgan fingerprint density at radius 1 is 0.580 bits per heavy atom. The van der Waals surface area contributed by atoms with Crippen LogP contribution in [0.4, 0.5) is 47.3 Å². The molecule has 5 aliphatic rings.